The normalized spacial score (nSPS) is 22.9. The molecule has 1 fully saturated rings. The Morgan fingerprint density at radius 1 is 1.25 bits per heavy atom. The number of carbonyl (C=O) groups is 1. The number of ketones is 1. The molecule has 0 saturated heterocycles. The monoisotopic (exact) mass is 297 g/mol. The average Bonchev–Trinajstić information content (AvgIpc) is 2.85. The second kappa shape index (κ2) is 6.03. The van der Waals surface area contributed by atoms with E-state index in [0.717, 1.165) is 12.8 Å². The summed E-state index contributed by atoms with van der Waals surface area (Å²) in [5.74, 6) is -0.0827. The maximum absolute atomic E-state index is 12.2. The summed E-state index contributed by atoms with van der Waals surface area (Å²) in [6, 6.07) is 5.90. The molecule has 5 nitrogen and oxygen atoms in total. The lowest BCUT2D eigenvalue weighted by atomic mass is 10.2. The van der Waals surface area contributed by atoms with Gasteiger partial charge in [-0.3, -0.25) is 4.79 Å². The van der Waals surface area contributed by atoms with Crippen molar-refractivity contribution in [2.45, 2.75) is 43.2 Å². The smallest absolute Gasteiger partial charge is 0.240 e. The maximum atomic E-state index is 12.2. The van der Waals surface area contributed by atoms with Crippen molar-refractivity contribution in [2.24, 2.45) is 0 Å². The topological polar surface area (TPSA) is 72.5 Å². The summed E-state index contributed by atoms with van der Waals surface area (Å²) in [6.45, 7) is 1.45. The predicted molar refractivity (Wildman–Crippen MR) is 75.2 cm³/mol. The van der Waals surface area contributed by atoms with Gasteiger partial charge in [-0.15, -0.1) is 0 Å². The van der Waals surface area contributed by atoms with Crippen molar-refractivity contribution >= 4 is 15.8 Å². The molecular formula is C14H19NO4S. The van der Waals surface area contributed by atoms with Crippen molar-refractivity contribution < 1.29 is 17.9 Å². The number of sulfonamides is 1. The molecule has 0 radical (unpaired) electrons. The van der Waals surface area contributed by atoms with E-state index in [9.17, 15) is 13.2 Å². The summed E-state index contributed by atoms with van der Waals surface area (Å²) in [7, 11) is -1.89. The highest BCUT2D eigenvalue weighted by molar-refractivity contribution is 7.89. The van der Waals surface area contributed by atoms with Crippen molar-refractivity contribution in [1.82, 2.24) is 4.72 Å². The highest BCUT2D eigenvalue weighted by Gasteiger charge is 2.28. The SMILES string of the molecule is COC1CCC(NS(=O)(=O)c2ccc(C(C)=O)cc2)C1. The van der Waals surface area contributed by atoms with E-state index in [1.807, 2.05) is 0 Å². The van der Waals surface area contributed by atoms with E-state index in [4.69, 9.17) is 4.74 Å². The van der Waals surface area contributed by atoms with Gasteiger partial charge >= 0.3 is 0 Å². The van der Waals surface area contributed by atoms with Crippen molar-refractivity contribution in [3.63, 3.8) is 0 Å². The van der Waals surface area contributed by atoms with Gasteiger partial charge < -0.3 is 4.74 Å². The van der Waals surface area contributed by atoms with Crippen LogP contribution < -0.4 is 4.72 Å². The zero-order chi connectivity index (χ0) is 14.8. The average molecular weight is 297 g/mol. The van der Waals surface area contributed by atoms with Crippen molar-refractivity contribution in [1.29, 1.82) is 0 Å². The number of hydrogen-bond acceptors (Lipinski definition) is 4. The summed E-state index contributed by atoms with van der Waals surface area (Å²) in [5, 5.41) is 0. The highest BCUT2D eigenvalue weighted by Crippen LogP contribution is 2.23. The third-order valence-electron chi connectivity index (χ3n) is 3.61. The zero-order valence-corrected chi connectivity index (χ0v) is 12.4. The van der Waals surface area contributed by atoms with Crippen LogP contribution in [-0.4, -0.2) is 33.5 Å². The Balaban J connectivity index is 2.08. The molecule has 2 unspecified atom stereocenters. The summed E-state index contributed by atoms with van der Waals surface area (Å²) < 4.78 is 32.4. The Bertz CT molecular complexity index is 580. The van der Waals surface area contributed by atoms with Crippen LogP contribution in [0.5, 0.6) is 0 Å². The summed E-state index contributed by atoms with van der Waals surface area (Å²) in [6.07, 6.45) is 2.47. The number of nitrogens with one attached hydrogen (secondary N) is 1. The predicted octanol–water partition coefficient (Wildman–Crippen LogP) is 1.74. The highest BCUT2D eigenvalue weighted by atomic mass is 32.2. The van der Waals surface area contributed by atoms with E-state index in [0.29, 0.717) is 12.0 Å². The van der Waals surface area contributed by atoms with Crippen LogP contribution in [0.4, 0.5) is 0 Å². The maximum Gasteiger partial charge on any atom is 0.240 e. The lowest BCUT2D eigenvalue weighted by Gasteiger charge is -2.13. The first-order valence-corrected chi connectivity index (χ1v) is 8.07. The number of benzene rings is 1. The minimum atomic E-state index is -3.53. The van der Waals surface area contributed by atoms with Gasteiger partial charge in [-0.2, -0.15) is 0 Å². The van der Waals surface area contributed by atoms with E-state index >= 15 is 0 Å². The van der Waals surface area contributed by atoms with E-state index in [-0.39, 0.29) is 22.8 Å². The van der Waals surface area contributed by atoms with Gasteiger partial charge in [0.05, 0.1) is 11.0 Å². The first-order valence-electron chi connectivity index (χ1n) is 6.58. The molecule has 0 aromatic heterocycles. The Morgan fingerprint density at radius 2 is 1.90 bits per heavy atom. The van der Waals surface area contributed by atoms with Crippen LogP contribution in [0.2, 0.25) is 0 Å². The van der Waals surface area contributed by atoms with Gasteiger partial charge in [0.1, 0.15) is 0 Å². The van der Waals surface area contributed by atoms with Crippen LogP contribution in [0.3, 0.4) is 0 Å². The van der Waals surface area contributed by atoms with Crippen LogP contribution in [0.1, 0.15) is 36.5 Å². The van der Waals surface area contributed by atoms with E-state index in [1.54, 1.807) is 7.11 Å². The van der Waals surface area contributed by atoms with Gasteiger partial charge in [0.15, 0.2) is 5.78 Å². The number of Topliss-reactive ketones (excluding diaryl/α,β-unsaturated/α-hetero) is 1. The van der Waals surface area contributed by atoms with Gasteiger partial charge in [0.25, 0.3) is 0 Å². The largest absolute Gasteiger partial charge is 0.381 e. The lowest BCUT2D eigenvalue weighted by molar-refractivity contribution is 0.101. The van der Waals surface area contributed by atoms with Crippen LogP contribution in [0.15, 0.2) is 29.2 Å². The summed E-state index contributed by atoms with van der Waals surface area (Å²) in [5.41, 5.74) is 0.504. The molecule has 1 aliphatic carbocycles. The molecule has 0 heterocycles. The summed E-state index contributed by atoms with van der Waals surface area (Å²) >= 11 is 0. The number of hydrogen-bond donors (Lipinski definition) is 1. The molecule has 20 heavy (non-hydrogen) atoms. The standard InChI is InChI=1S/C14H19NO4S/c1-10(16)11-3-7-14(8-4-11)20(17,18)15-12-5-6-13(9-12)19-2/h3-4,7-8,12-13,15H,5-6,9H2,1-2H3. The Morgan fingerprint density at radius 3 is 2.40 bits per heavy atom. The van der Waals surface area contributed by atoms with Crippen LogP contribution in [0.25, 0.3) is 0 Å². The van der Waals surface area contributed by atoms with Crippen LogP contribution in [0, 0.1) is 0 Å². The zero-order valence-electron chi connectivity index (χ0n) is 11.6. The third-order valence-corrected chi connectivity index (χ3v) is 5.15. The minimum absolute atomic E-state index is 0.0827. The van der Waals surface area contributed by atoms with Gasteiger partial charge in [0, 0.05) is 18.7 Å². The van der Waals surface area contributed by atoms with E-state index in [2.05, 4.69) is 4.72 Å². The molecule has 0 amide bonds. The Hall–Kier alpha value is -1.24. The van der Waals surface area contributed by atoms with Gasteiger partial charge in [-0.05, 0) is 38.3 Å². The molecule has 6 heteroatoms. The second-order valence-electron chi connectivity index (χ2n) is 5.07. The van der Waals surface area contributed by atoms with Gasteiger partial charge in [-0.25, -0.2) is 13.1 Å². The molecule has 0 aliphatic heterocycles. The Kier molecular flexibility index (Phi) is 4.57. The van der Waals surface area contributed by atoms with Gasteiger partial charge in [-0.1, -0.05) is 12.1 Å². The lowest BCUT2D eigenvalue weighted by Crippen LogP contribution is -2.33. The molecule has 1 saturated carbocycles. The molecule has 2 rings (SSSR count). The second-order valence-corrected chi connectivity index (χ2v) is 6.78. The Labute approximate surface area is 119 Å². The first-order chi connectivity index (χ1) is 9.42. The van der Waals surface area contributed by atoms with Crippen LogP contribution >= 0.6 is 0 Å². The molecule has 1 aliphatic rings. The third kappa shape index (κ3) is 3.45. The fourth-order valence-electron chi connectivity index (χ4n) is 2.42. The fraction of sp³-hybridized carbons (Fsp3) is 0.500. The van der Waals surface area contributed by atoms with E-state index < -0.39 is 10.0 Å². The van der Waals surface area contributed by atoms with Crippen molar-refractivity contribution in [3.8, 4) is 0 Å². The fourth-order valence-corrected chi connectivity index (χ4v) is 3.70. The van der Waals surface area contributed by atoms with Crippen molar-refractivity contribution in [2.75, 3.05) is 7.11 Å². The number of ether oxygens (including phenoxy) is 1. The number of carbonyl (C=O) groups excluding carboxylic acids is 1. The van der Waals surface area contributed by atoms with Crippen molar-refractivity contribution in [3.05, 3.63) is 29.8 Å². The molecule has 1 aromatic rings. The molecular weight excluding hydrogens is 278 g/mol. The number of rotatable bonds is 5. The molecule has 110 valence electrons. The molecule has 2 atom stereocenters. The molecule has 1 aromatic carbocycles. The van der Waals surface area contributed by atoms with Crippen LogP contribution in [-0.2, 0) is 14.8 Å². The van der Waals surface area contributed by atoms with Gasteiger partial charge in [0.2, 0.25) is 10.0 Å². The molecule has 0 bridgehead atoms. The number of methoxy groups -OCH3 is 1. The molecule has 0 spiro atoms. The summed E-state index contributed by atoms with van der Waals surface area (Å²) in [4.78, 5) is 11.4. The minimum Gasteiger partial charge on any atom is -0.381 e. The van der Waals surface area contributed by atoms with E-state index in [1.165, 1.54) is 31.2 Å². The first kappa shape index (κ1) is 15.2. The molecule has 1 N–H and O–H groups in total. The quantitative estimate of drug-likeness (QED) is 0.840.